The number of hydrogen-bond donors (Lipinski definition) is 1. The topological polar surface area (TPSA) is 83.6 Å². The largest absolute Gasteiger partial charge is 0.507 e. The van der Waals surface area contributed by atoms with Crippen LogP contribution in [0.4, 0.5) is 0 Å². The van der Waals surface area contributed by atoms with Gasteiger partial charge in [-0.15, -0.1) is 16.4 Å². The molecule has 1 amide bonds. The van der Waals surface area contributed by atoms with Crippen LogP contribution in [0.3, 0.4) is 0 Å². The molecule has 0 bridgehead atoms. The van der Waals surface area contributed by atoms with Crippen LogP contribution in [0, 0.1) is 6.92 Å². The number of amides is 1. The van der Waals surface area contributed by atoms with Crippen LogP contribution in [0.2, 0.25) is 0 Å². The van der Waals surface area contributed by atoms with Gasteiger partial charge in [0.05, 0.1) is 15.8 Å². The molecule has 0 radical (unpaired) electrons. The van der Waals surface area contributed by atoms with Gasteiger partial charge in [-0.3, -0.25) is 4.79 Å². The molecule has 25 heavy (non-hydrogen) atoms. The number of thiophene rings is 1. The van der Waals surface area contributed by atoms with Gasteiger partial charge in [0.25, 0.3) is 5.91 Å². The molecule has 8 heteroatoms. The fourth-order valence-electron chi connectivity index (χ4n) is 2.72. The molecule has 1 aromatic carbocycles. The molecule has 0 spiro atoms. The zero-order valence-corrected chi connectivity index (χ0v) is 14.7. The van der Waals surface area contributed by atoms with Crippen LogP contribution < -0.4 is 0 Å². The minimum absolute atomic E-state index is 0.0564. The third-order valence-corrected chi connectivity index (χ3v) is 5.20. The number of rotatable bonds is 2. The molecule has 0 aliphatic heterocycles. The van der Waals surface area contributed by atoms with Crippen LogP contribution in [0.25, 0.3) is 27.3 Å². The predicted octanol–water partition coefficient (Wildman–Crippen LogP) is 2.72. The fourth-order valence-corrected chi connectivity index (χ4v) is 3.88. The molecule has 0 aliphatic rings. The third-order valence-electron chi connectivity index (χ3n) is 4.01. The first-order chi connectivity index (χ1) is 12.0. The molecule has 1 N–H and O–H groups in total. The summed E-state index contributed by atoms with van der Waals surface area (Å²) in [7, 11) is 3.45. The first kappa shape index (κ1) is 15.5. The van der Waals surface area contributed by atoms with Crippen LogP contribution in [0.1, 0.15) is 15.2 Å². The predicted molar refractivity (Wildman–Crippen MR) is 96.0 cm³/mol. The summed E-state index contributed by atoms with van der Waals surface area (Å²) in [6, 6.07) is 6.92. The van der Waals surface area contributed by atoms with E-state index in [0.29, 0.717) is 21.9 Å². The Morgan fingerprint density at radius 1 is 1.28 bits per heavy atom. The second-order valence-electron chi connectivity index (χ2n) is 5.90. The lowest BCUT2D eigenvalue weighted by atomic mass is 10.2. The molecule has 4 aromatic rings. The van der Waals surface area contributed by atoms with Crippen LogP contribution in [0.15, 0.2) is 30.6 Å². The standard InChI is InChI=1S/C17H15N5O2S/c1-9-12-15-19-14(10-6-4-5-7-11(10)23)20-22(15)8-18-16(12)25-13(9)17(24)21(2)3/h4-8,23H,1-3H3. The summed E-state index contributed by atoms with van der Waals surface area (Å²) in [5.41, 5.74) is 2.01. The van der Waals surface area contributed by atoms with E-state index in [1.807, 2.05) is 13.0 Å². The molecule has 3 heterocycles. The van der Waals surface area contributed by atoms with Gasteiger partial charge in [0.2, 0.25) is 0 Å². The minimum Gasteiger partial charge on any atom is -0.507 e. The maximum absolute atomic E-state index is 12.4. The highest BCUT2D eigenvalue weighted by Gasteiger charge is 2.21. The summed E-state index contributed by atoms with van der Waals surface area (Å²) in [6.07, 6.45) is 1.58. The van der Waals surface area contributed by atoms with E-state index < -0.39 is 0 Å². The number of fused-ring (bicyclic) bond motifs is 3. The van der Waals surface area contributed by atoms with E-state index in [1.165, 1.54) is 11.3 Å². The van der Waals surface area contributed by atoms with E-state index in [9.17, 15) is 9.90 Å². The molecule has 0 saturated heterocycles. The molecule has 0 fully saturated rings. The number of benzene rings is 1. The van der Waals surface area contributed by atoms with E-state index in [1.54, 1.807) is 48.0 Å². The number of para-hydroxylation sites is 1. The van der Waals surface area contributed by atoms with Crippen molar-refractivity contribution in [3.05, 3.63) is 41.0 Å². The number of phenols is 1. The second-order valence-corrected chi connectivity index (χ2v) is 6.90. The summed E-state index contributed by atoms with van der Waals surface area (Å²) in [6.45, 7) is 1.89. The number of carbonyl (C=O) groups excluding carboxylic acids is 1. The quantitative estimate of drug-likeness (QED) is 0.599. The molecular formula is C17H15N5O2S. The summed E-state index contributed by atoms with van der Waals surface area (Å²) in [4.78, 5) is 24.3. The normalized spacial score (nSPS) is 11.3. The highest BCUT2D eigenvalue weighted by molar-refractivity contribution is 7.20. The van der Waals surface area contributed by atoms with Crippen molar-refractivity contribution in [2.75, 3.05) is 14.1 Å². The number of carbonyl (C=O) groups is 1. The Morgan fingerprint density at radius 3 is 2.76 bits per heavy atom. The fraction of sp³-hybridized carbons (Fsp3) is 0.176. The van der Waals surface area contributed by atoms with Crippen LogP contribution >= 0.6 is 11.3 Å². The molecular weight excluding hydrogens is 338 g/mol. The van der Waals surface area contributed by atoms with Gasteiger partial charge < -0.3 is 10.0 Å². The average molecular weight is 353 g/mol. The lowest BCUT2D eigenvalue weighted by Crippen LogP contribution is -2.21. The highest BCUT2D eigenvalue weighted by Crippen LogP contribution is 2.34. The van der Waals surface area contributed by atoms with Gasteiger partial charge in [-0.25, -0.2) is 14.5 Å². The Labute approximate surface area is 147 Å². The molecule has 4 rings (SSSR count). The Morgan fingerprint density at radius 2 is 2.04 bits per heavy atom. The summed E-state index contributed by atoms with van der Waals surface area (Å²) in [5, 5.41) is 15.3. The Balaban J connectivity index is 1.98. The van der Waals surface area contributed by atoms with E-state index in [4.69, 9.17) is 0 Å². The number of hydrogen-bond acceptors (Lipinski definition) is 6. The summed E-state index contributed by atoms with van der Waals surface area (Å²) < 4.78 is 1.58. The van der Waals surface area contributed by atoms with E-state index in [2.05, 4.69) is 15.1 Å². The van der Waals surface area contributed by atoms with Gasteiger partial charge in [0.1, 0.15) is 16.9 Å². The summed E-state index contributed by atoms with van der Waals surface area (Å²) >= 11 is 1.35. The number of aryl methyl sites for hydroxylation is 1. The lowest BCUT2D eigenvalue weighted by molar-refractivity contribution is 0.0831. The zero-order valence-electron chi connectivity index (χ0n) is 13.9. The molecule has 7 nitrogen and oxygen atoms in total. The Kier molecular flexibility index (Phi) is 3.43. The van der Waals surface area contributed by atoms with Crippen molar-refractivity contribution < 1.29 is 9.90 Å². The number of aromatic hydroxyl groups is 1. The van der Waals surface area contributed by atoms with Crippen LogP contribution in [0.5, 0.6) is 5.75 Å². The average Bonchev–Trinajstić information content (AvgIpc) is 3.15. The second kappa shape index (κ2) is 5.52. The first-order valence-corrected chi connectivity index (χ1v) is 8.43. The third kappa shape index (κ3) is 2.33. The van der Waals surface area contributed by atoms with E-state index >= 15 is 0 Å². The lowest BCUT2D eigenvalue weighted by Gasteiger charge is -2.08. The molecule has 0 atom stereocenters. The van der Waals surface area contributed by atoms with Crippen molar-refractivity contribution in [1.29, 1.82) is 0 Å². The highest BCUT2D eigenvalue weighted by atomic mass is 32.1. The van der Waals surface area contributed by atoms with Crippen molar-refractivity contribution in [3.8, 4) is 17.1 Å². The Bertz CT molecular complexity index is 1130. The molecule has 0 saturated carbocycles. The van der Waals surface area contributed by atoms with Gasteiger partial charge in [0, 0.05) is 14.1 Å². The van der Waals surface area contributed by atoms with Crippen LogP contribution in [-0.4, -0.2) is 49.6 Å². The molecule has 3 aromatic heterocycles. The minimum atomic E-state index is -0.0564. The maximum atomic E-state index is 12.4. The van der Waals surface area contributed by atoms with Crippen LogP contribution in [-0.2, 0) is 0 Å². The van der Waals surface area contributed by atoms with Crippen molar-refractivity contribution in [3.63, 3.8) is 0 Å². The van der Waals surface area contributed by atoms with Gasteiger partial charge in [0.15, 0.2) is 11.5 Å². The SMILES string of the molecule is Cc1c(C(=O)N(C)C)sc2ncn3nc(-c4ccccc4O)nc3c12. The molecule has 0 unspecified atom stereocenters. The van der Waals surface area contributed by atoms with Gasteiger partial charge in [-0.1, -0.05) is 12.1 Å². The van der Waals surface area contributed by atoms with Crippen molar-refractivity contribution in [1.82, 2.24) is 24.5 Å². The van der Waals surface area contributed by atoms with Crippen molar-refractivity contribution in [2.24, 2.45) is 0 Å². The van der Waals surface area contributed by atoms with E-state index in [0.717, 1.165) is 15.8 Å². The number of aromatic nitrogens is 4. The summed E-state index contributed by atoms with van der Waals surface area (Å²) in [5.74, 6) is 0.478. The number of nitrogens with zero attached hydrogens (tertiary/aromatic N) is 5. The zero-order chi connectivity index (χ0) is 17.7. The van der Waals surface area contributed by atoms with Gasteiger partial charge in [-0.05, 0) is 24.6 Å². The smallest absolute Gasteiger partial charge is 0.263 e. The van der Waals surface area contributed by atoms with E-state index in [-0.39, 0.29) is 11.7 Å². The first-order valence-electron chi connectivity index (χ1n) is 7.62. The molecule has 126 valence electrons. The van der Waals surface area contributed by atoms with Gasteiger partial charge >= 0.3 is 0 Å². The molecule has 0 aliphatic carbocycles. The maximum Gasteiger partial charge on any atom is 0.263 e. The van der Waals surface area contributed by atoms with Crippen molar-refractivity contribution >= 4 is 33.1 Å². The monoisotopic (exact) mass is 353 g/mol. The van der Waals surface area contributed by atoms with Gasteiger partial charge in [-0.2, -0.15) is 0 Å². The number of phenolic OH excluding ortho intramolecular Hbond substituents is 1. The Hall–Kier alpha value is -3.00. The van der Waals surface area contributed by atoms with Crippen molar-refractivity contribution in [2.45, 2.75) is 6.92 Å².